The molecule has 1 N–H and O–H groups in total. The molecule has 0 spiro atoms. The third kappa shape index (κ3) is 6.72. The van der Waals surface area contributed by atoms with E-state index in [1.807, 2.05) is 12.3 Å². The molecular weight excluding hydrogens is 222 g/mol. The zero-order valence-electron chi connectivity index (χ0n) is 11.9. The average molecular weight is 249 g/mol. The molecular formula is C15H27N3. The van der Waals surface area contributed by atoms with Crippen LogP contribution < -0.4 is 5.32 Å². The maximum absolute atomic E-state index is 4.38. The lowest BCUT2D eigenvalue weighted by molar-refractivity contribution is 0.270. The van der Waals surface area contributed by atoms with Crippen LogP contribution in [-0.4, -0.2) is 36.1 Å². The molecule has 0 aliphatic carbocycles. The lowest BCUT2D eigenvalue weighted by Gasteiger charge is -2.19. The van der Waals surface area contributed by atoms with Gasteiger partial charge < -0.3 is 5.32 Å². The molecule has 1 heterocycles. The molecule has 102 valence electrons. The summed E-state index contributed by atoms with van der Waals surface area (Å²) in [6.07, 6.45) is 5.62. The highest BCUT2D eigenvalue weighted by atomic mass is 15.1. The second kappa shape index (κ2) is 10.0. The van der Waals surface area contributed by atoms with Crippen LogP contribution in [0.15, 0.2) is 24.4 Å². The number of hydrogen-bond donors (Lipinski definition) is 1. The Kier molecular flexibility index (Phi) is 8.43. The normalized spacial score (nSPS) is 11.1. The molecule has 1 rings (SSSR count). The molecule has 0 bridgehead atoms. The van der Waals surface area contributed by atoms with E-state index in [1.54, 1.807) is 0 Å². The highest BCUT2D eigenvalue weighted by Gasteiger charge is 2.03. The summed E-state index contributed by atoms with van der Waals surface area (Å²) in [4.78, 5) is 6.84. The van der Waals surface area contributed by atoms with Gasteiger partial charge in [-0.05, 0) is 57.6 Å². The quantitative estimate of drug-likeness (QED) is 0.646. The van der Waals surface area contributed by atoms with Crippen molar-refractivity contribution < 1.29 is 0 Å². The Morgan fingerprint density at radius 1 is 1.17 bits per heavy atom. The van der Waals surface area contributed by atoms with E-state index >= 15 is 0 Å². The van der Waals surface area contributed by atoms with Crippen LogP contribution in [0.5, 0.6) is 0 Å². The Morgan fingerprint density at radius 2 is 2.06 bits per heavy atom. The summed E-state index contributed by atoms with van der Waals surface area (Å²) in [5.41, 5.74) is 1.17. The second-order valence-electron chi connectivity index (χ2n) is 4.65. The lowest BCUT2D eigenvalue weighted by atomic mass is 10.2. The van der Waals surface area contributed by atoms with Gasteiger partial charge in [-0.15, -0.1) is 0 Å². The van der Waals surface area contributed by atoms with Crippen molar-refractivity contribution in [3.05, 3.63) is 30.1 Å². The van der Waals surface area contributed by atoms with Crippen LogP contribution in [0, 0.1) is 0 Å². The van der Waals surface area contributed by atoms with Gasteiger partial charge in [0.15, 0.2) is 0 Å². The molecule has 0 saturated carbocycles. The molecule has 0 fully saturated rings. The molecule has 0 aliphatic heterocycles. The van der Waals surface area contributed by atoms with Gasteiger partial charge in [-0.3, -0.25) is 9.88 Å². The Labute approximate surface area is 112 Å². The monoisotopic (exact) mass is 249 g/mol. The first-order valence-corrected chi connectivity index (χ1v) is 7.19. The predicted octanol–water partition coefficient (Wildman–Crippen LogP) is 2.68. The Morgan fingerprint density at radius 3 is 2.72 bits per heavy atom. The fraction of sp³-hybridized carbons (Fsp3) is 0.667. The minimum atomic E-state index is 0.972. The maximum Gasteiger partial charge on any atom is 0.0543 e. The molecule has 0 amide bonds. The first-order valence-electron chi connectivity index (χ1n) is 7.19. The highest BCUT2D eigenvalue weighted by Crippen LogP contribution is 2.02. The number of nitrogens with zero attached hydrogens (tertiary/aromatic N) is 2. The van der Waals surface area contributed by atoms with Gasteiger partial charge in [0.2, 0.25) is 0 Å². The van der Waals surface area contributed by atoms with Gasteiger partial charge in [0, 0.05) is 12.7 Å². The lowest BCUT2D eigenvalue weighted by Crippen LogP contribution is -2.25. The molecule has 3 nitrogen and oxygen atoms in total. The van der Waals surface area contributed by atoms with E-state index in [0.29, 0.717) is 0 Å². The molecule has 3 heteroatoms. The maximum atomic E-state index is 4.38. The summed E-state index contributed by atoms with van der Waals surface area (Å²) >= 11 is 0. The predicted molar refractivity (Wildman–Crippen MR) is 77.6 cm³/mol. The molecule has 0 unspecified atom stereocenters. The van der Waals surface area contributed by atoms with E-state index in [-0.39, 0.29) is 0 Å². The van der Waals surface area contributed by atoms with Crippen molar-refractivity contribution >= 4 is 0 Å². The Hall–Kier alpha value is -0.930. The third-order valence-electron chi connectivity index (χ3n) is 3.06. The molecule has 1 aromatic rings. The van der Waals surface area contributed by atoms with Crippen LogP contribution in [0.2, 0.25) is 0 Å². The second-order valence-corrected chi connectivity index (χ2v) is 4.65. The highest BCUT2D eigenvalue weighted by molar-refractivity contribution is 5.03. The van der Waals surface area contributed by atoms with Crippen molar-refractivity contribution in [3.8, 4) is 0 Å². The van der Waals surface area contributed by atoms with Crippen LogP contribution in [0.3, 0.4) is 0 Å². The Balaban J connectivity index is 2.14. The van der Waals surface area contributed by atoms with E-state index in [9.17, 15) is 0 Å². The van der Waals surface area contributed by atoms with Crippen LogP contribution in [-0.2, 0) is 6.54 Å². The van der Waals surface area contributed by atoms with Crippen LogP contribution >= 0.6 is 0 Å². The number of hydrogen-bond acceptors (Lipinski definition) is 3. The van der Waals surface area contributed by atoms with Gasteiger partial charge in [-0.1, -0.05) is 19.9 Å². The average Bonchev–Trinajstić information content (AvgIpc) is 2.42. The number of pyridine rings is 1. The molecule has 0 saturated heterocycles. The van der Waals surface area contributed by atoms with Gasteiger partial charge >= 0.3 is 0 Å². The van der Waals surface area contributed by atoms with Crippen molar-refractivity contribution in [2.75, 3.05) is 26.2 Å². The first-order chi connectivity index (χ1) is 8.86. The van der Waals surface area contributed by atoms with Gasteiger partial charge in [0.05, 0.1) is 5.69 Å². The molecule has 18 heavy (non-hydrogen) atoms. The summed E-state index contributed by atoms with van der Waals surface area (Å²) in [5, 5.41) is 3.45. The smallest absolute Gasteiger partial charge is 0.0543 e. The SMILES string of the molecule is CCCNCCCCN(CC)Cc1ccccn1. The number of unbranched alkanes of at least 4 members (excludes halogenated alkanes) is 1. The van der Waals surface area contributed by atoms with Gasteiger partial charge in [-0.25, -0.2) is 0 Å². The van der Waals surface area contributed by atoms with Crippen molar-refractivity contribution in [2.24, 2.45) is 0 Å². The summed E-state index contributed by atoms with van der Waals surface area (Å²) in [6.45, 7) is 9.96. The molecule has 1 aromatic heterocycles. The van der Waals surface area contributed by atoms with E-state index in [4.69, 9.17) is 0 Å². The number of rotatable bonds is 10. The van der Waals surface area contributed by atoms with Crippen molar-refractivity contribution in [1.82, 2.24) is 15.2 Å². The summed E-state index contributed by atoms with van der Waals surface area (Å²) in [7, 11) is 0. The van der Waals surface area contributed by atoms with Gasteiger partial charge in [-0.2, -0.15) is 0 Å². The minimum absolute atomic E-state index is 0.972. The minimum Gasteiger partial charge on any atom is -0.317 e. The largest absolute Gasteiger partial charge is 0.317 e. The molecule has 0 aliphatic rings. The van der Waals surface area contributed by atoms with Crippen LogP contribution in [0.4, 0.5) is 0 Å². The first kappa shape index (κ1) is 15.1. The van der Waals surface area contributed by atoms with Crippen molar-refractivity contribution in [2.45, 2.75) is 39.7 Å². The van der Waals surface area contributed by atoms with Crippen LogP contribution in [0.25, 0.3) is 0 Å². The standard InChI is InChI=1S/C15H27N3/c1-3-10-16-11-7-8-13-18(4-2)14-15-9-5-6-12-17-15/h5-6,9,12,16H,3-4,7-8,10-11,13-14H2,1-2H3. The van der Waals surface area contributed by atoms with E-state index in [1.165, 1.54) is 31.5 Å². The van der Waals surface area contributed by atoms with E-state index < -0.39 is 0 Å². The summed E-state index contributed by atoms with van der Waals surface area (Å²) < 4.78 is 0. The molecule has 0 atom stereocenters. The summed E-state index contributed by atoms with van der Waals surface area (Å²) in [6, 6.07) is 6.13. The zero-order chi connectivity index (χ0) is 13.1. The Bertz CT molecular complexity index is 287. The number of nitrogens with one attached hydrogen (secondary N) is 1. The number of aromatic nitrogens is 1. The fourth-order valence-corrected chi connectivity index (χ4v) is 1.96. The fourth-order valence-electron chi connectivity index (χ4n) is 1.96. The van der Waals surface area contributed by atoms with Crippen LogP contribution in [0.1, 0.15) is 38.8 Å². The third-order valence-corrected chi connectivity index (χ3v) is 3.06. The van der Waals surface area contributed by atoms with Gasteiger partial charge in [0.25, 0.3) is 0 Å². The molecule has 0 aromatic carbocycles. The van der Waals surface area contributed by atoms with Gasteiger partial charge in [0.1, 0.15) is 0 Å². The molecule has 0 radical (unpaired) electrons. The van der Waals surface area contributed by atoms with E-state index in [2.05, 4.69) is 41.2 Å². The topological polar surface area (TPSA) is 28.2 Å². The summed E-state index contributed by atoms with van der Waals surface area (Å²) in [5.74, 6) is 0. The zero-order valence-corrected chi connectivity index (χ0v) is 11.9. The van der Waals surface area contributed by atoms with Crippen molar-refractivity contribution in [3.63, 3.8) is 0 Å². The van der Waals surface area contributed by atoms with Crippen molar-refractivity contribution in [1.29, 1.82) is 0 Å². The van der Waals surface area contributed by atoms with E-state index in [0.717, 1.165) is 26.2 Å².